The van der Waals surface area contributed by atoms with Crippen LogP contribution in [0.25, 0.3) is 0 Å². The molecule has 18 heavy (non-hydrogen) atoms. The van der Waals surface area contributed by atoms with E-state index in [1.54, 1.807) is 0 Å². The van der Waals surface area contributed by atoms with Gasteiger partial charge in [-0.3, -0.25) is 0 Å². The molecule has 1 unspecified atom stereocenters. The largest absolute Gasteiger partial charge is 0.396 e. The molecule has 1 saturated carbocycles. The third-order valence-electron chi connectivity index (χ3n) is 4.65. The molecule has 1 aliphatic heterocycles. The monoisotopic (exact) mass is 255 g/mol. The average molecular weight is 255 g/mol. The highest BCUT2D eigenvalue weighted by Gasteiger charge is 2.30. The standard InChI is InChI=1S/C15H29NO2/c17-13-15(8-2-1-3-9-15)12-16-10-4-6-14-7-5-11-18-14/h14,16-17H,1-13H2. The van der Waals surface area contributed by atoms with E-state index in [4.69, 9.17) is 4.74 Å². The number of rotatable bonds is 7. The van der Waals surface area contributed by atoms with Gasteiger partial charge in [-0.05, 0) is 45.1 Å². The minimum Gasteiger partial charge on any atom is -0.396 e. The molecule has 3 nitrogen and oxygen atoms in total. The van der Waals surface area contributed by atoms with Gasteiger partial charge in [0.2, 0.25) is 0 Å². The van der Waals surface area contributed by atoms with E-state index in [0.717, 1.165) is 19.7 Å². The van der Waals surface area contributed by atoms with Crippen molar-refractivity contribution in [3.8, 4) is 0 Å². The second-order valence-electron chi connectivity index (χ2n) is 6.17. The lowest BCUT2D eigenvalue weighted by atomic mass is 9.74. The fraction of sp³-hybridized carbons (Fsp3) is 1.00. The molecule has 0 radical (unpaired) electrons. The zero-order valence-electron chi connectivity index (χ0n) is 11.6. The summed E-state index contributed by atoms with van der Waals surface area (Å²) in [6.45, 7) is 3.38. The van der Waals surface area contributed by atoms with Crippen LogP contribution in [0.5, 0.6) is 0 Å². The molecule has 1 aliphatic carbocycles. The Kier molecular flexibility index (Phi) is 5.93. The van der Waals surface area contributed by atoms with Gasteiger partial charge in [0.15, 0.2) is 0 Å². The van der Waals surface area contributed by atoms with Crippen molar-refractivity contribution >= 4 is 0 Å². The lowest BCUT2D eigenvalue weighted by Crippen LogP contribution is -2.39. The first-order chi connectivity index (χ1) is 8.85. The molecule has 3 heteroatoms. The van der Waals surface area contributed by atoms with Crippen molar-refractivity contribution in [3.63, 3.8) is 0 Å². The first kappa shape index (κ1) is 14.3. The van der Waals surface area contributed by atoms with Crippen LogP contribution in [-0.2, 0) is 4.74 Å². The Labute approximate surface area is 111 Å². The molecular formula is C15H29NO2. The third-order valence-corrected chi connectivity index (χ3v) is 4.65. The third kappa shape index (κ3) is 4.22. The fourth-order valence-electron chi connectivity index (χ4n) is 3.37. The number of hydrogen-bond acceptors (Lipinski definition) is 3. The summed E-state index contributed by atoms with van der Waals surface area (Å²) in [6.07, 6.45) is 11.7. The van der Waals surface area contributed by atoms with Gasteiger partial charge in [-0.25, -0.2) is 0 Å². The van der Waals surface area contributed by atoms with Gasteiger partial charge >= 0.3 is 0 Å². The Morgan fingerprint density at radius 3 is 2.67 bits per heavy atom. The van der Waals surface area contributed by atoms with E-state index in [0.29, 0.717) is 12.7 Å². The molecule has 2 N–H and O–H groups in total. The Hall–Kier alpha value is -0.120. The molecular weight excluding hydrogens is 226 g/mol. The summed E-state index contributed by atoms with van der Waals surface area (Å²) in [5.74, 6) is 0. The lowest BCUT2D eigenvalue weighted by molar-refractivity contribution is 0.0797. The molecule has 1 saturated heterocycles. The van der Waals surface area contributed by atoms with Gasteiger partial charge in [0.25, 0.3) is 0 Å². The Morgan fingerprint density at radius 1 is 1.17 bits per heavy atom. The maximum absolute atomic E-state index is 9.61. The van der Waals surface area contributed by atoms with Crippen LogP contribution in [0.3, 0.4) is 0 Å². The number of aliphatic hydroxyl groups is 1. The van der Waals surface area contributed by atoms with Crippen LogP contribution in [0.1, 0.15) is 57.8 Å². The zero-order valence-corrected chi connectivity index (χ0v) is 11.6. The second kappa shape index (κ2) is 7.46. The molecule has 106 valence electrons. The quantitative estimate of drug-likeness (QED) is 0.687. The first-order valence-electron chi connectivity index (χ1n) is 7.78. The smallest absolute Gasteiger partial charge is 0.0576 e. The van der Waals surface area contributed by atoms with Gasteiger partial charge in [-0.15, -0.1) is 0 Å². The summed E-state index contributed by atoms with van der Waals surface area (Å²) >= 11 is 0. The van der Waals surface area contributed by atoms with E-state index in [1.165, 1.54) is 57.8 Å². The number of aliphatic hydroxyl groups excluding tert-OH is 1. The Bertz CT molecular complexity index is 221. The van der Waals surface area contributed by atoms with Crippen LogP contribution < -0.4 is 5.32 Å². The Morgan fingerprint density at radius 2 is 2.00 bits per heavy atom. The highest BCUT2D eigenvalue weighted by Crippen LogP contribution is 2.35. The van der Waals surface area contributed by atoms with E-state index in [2.05, 4.69) is 5.32 Å². The minimum absolute atomic E-state index is 0.183. The average Bonchev–Trinajstić information content (AvgIpc) is 2.93. The van der Waals surface area contributed by atoms with Crippen molar-refractivity contribution < 1.29 is 9.84 Å². The summed E-state index contributed by atoms with van der Waals surface area (Å²) < 4.78 is 5.62. The topological polar surface area (TPSA) is 41.5 Å². The van der Waals surface area contributed by atoms with Gasteiger partial charge in [-0.1, -0.05) is 19.3 Å². The second-order valence-corrected chi connectivity index (χ2v) is 6.17. The predicted octanol–water partition coefficient (Wildman–Crippen LogP) is 2.48. The van der Waals surface area contributed by atoms with Crippen molar-refractivity contribution in [2.45, 2.75) is 63.9 Å². The van der Waals surface area contributed by atoms with E-state index in [9.17, 15) is 5.11 Å². The molecule has 2 fully saturated rings. The van der Waals surface area contributed by atoms with Gasteiger partial charge in [0.05, 0.1) is 6.10 Å². The van der Waals surface area contributed by atoms with Crippen LogP contribution in [0.4, 0.5) is 0 Å². The Balaban J connectivity index is 1.55. The van der Waals surface area contributed by atoms with E-state index in [1.807, 2.05) is 0 Å². The maximum Gasteiger partial charge on any atom is 0.0576 e. The minimum atomic E-state index is 0.183. The van der Waals surface area contributed by atoms with Gasteiger partial charge in [0, 0.05) is 25.2 Å². The van der Waals surface area contributed by atoms with Gasteiger partial charge in [-0.2, -0.15) is 0 Å². The molecule has 0 spiro atoms. The molecule has 1 atom stereocenters. The van der Waals surface area contributed by atoms with Crippen LogP contribution >= 0.6 is 0 Å². The van der Waals surface area contributed by atoms with E-state index in [-0.39, 0.29) is 5.41 Å². The molecule has 0 aromatic rings. The number of hydrogen-bond donors (Lipinski definition) is 2. The molecule has 2 aliphatic rings. The van der Waals surface area contributed by atoms with Crippen molar-refractivity contribution in [2.75, 3.05) is 26.3 Å². The van der Waals surface area contributed by atoms with Crippen LogP contribution in [0.2, 0.25) is 0 Å². The highest BCUT2D eigenvalue weighted by atomic mass is 16.5. The van der Waals surface area contributed by atoms with Crippen molar-refractivity contribution in [2.24, 2.45) is 5.41 Å². The summed E-state index contributed by atoms with van der Waals surface area (Å²) in [5, 5.41) is 13.2. The molecule has 0 aromatic carbocycles. The predicted molar refractivity (Wildman–Crippen MR) is 73.7 cm³/mol. The molecule has 0 bridgehead atoms. The molecule has 1 heterocycles. The number of ether oxygens (including phenoxy) is 1. The highest BCUT2D eigenvalue weighted by molar-refractivity contribution is 4.84. The fourth-order valence-corrected chi connectivity index (χ4v) is 3.37. The van der Waals surface area contributed by atoms with E-state index < -0.39 is 0 Å². The molecule has 2 rings (SSSR count). The maximum atomic E-state index is 9.61. The normalized spacial score (nSPS) is 27.5. The van der Waals surface area contributed by atoms with Gasteiger partial charge < -0.3 is 15.2 Å². The van der Waals surface area contributed by atoms with Crippen molar-refractivity contribution in [1.29, 1.82) is 0 Å². The van der Waals surface area contributed by atoms with Crippen molar-refractivity contribution in [1.82, 2.24) is 5.32 Å². The van der Waals surface area contributed by atoms with Crippen molar-refractivity contribution in [3.05, 3.63) is 0 Å². The summed E-state index contributed by atoms with van der Waals surface area (Å²) in [5.41, 5.74) is 0.183. The number of nitrogens with one attached hydrogen (secondary N) is 1. The SMILES string of the molecule is OCC1(CNCCCC2CCCO2)CCCCC1. The summed E-state index contributed by atoms with van der Waals surface area (Å²) in [4.78, 5) is 0. The van der Waals surface area contributed by atoms with Crippen LogP contribution in [0, 0.1) is 5.41 Å². The first-order valence-corrected chi connectivity index (χ1v) is 7.78. The zero-order chi connectivity index (χ0) is 12.7. The summed E-state index contributed by atoms with van der Waals surface area (Å²) in [6, 6.07) is 0. The van der Waals surface area contributed by atoms with Gasteiger partial charge in [0.1, 0.15) is 0 Å². The molecule has 0 aromatic heterocycles. The summed E-state index contributed by atoms with van der Waals surface area (Å²) in [7, 11) is 0. The lowest BCUT2D eigenvalue weighted by Gasteiger charge is -2.35. The van der Waals surface area contributed by atoms with E-state index >= 15 is 0 Å². The van der Waals surface area contributed by atoms with Crippen LogP contribution in [-0.4, -0.2) is 37.5 Å². The van der Waals surface area contributed by atoms with Crippen LogP contribution in [0.15, 0.2) is 0 Å². The molecule has 0 amide bonds.